The van der Waals surface area contributed by atoms with Gasteiger partial charge in [0.2, 0.25) is 21.8 Å². The van der Waals surface area contributed by atoms with Crippen LogP contribution in [0.3, 0.4) is 0 Å². The van der Waals surface area contributed by atoms with Crippen LogP contribution in [0.25, 0.3) is 10.9 Å². The second-order valence-electron chi connectivity index (χ2n) is 6.86. The molecule has 2 amide bonds. The zero-order chi connectivity index (χ0) is 22.4. The molecule has 0 fully saturated rings. The van der Waals surface area contributed by atoms with Crippen molar-refractivity contribution in [1.29, 1.82) is 0 Å². The van der Waals surface area contributed by atoms with Gasteiger partial charge in [-0.2, -0.15) is 0 Å². The van der Waals surface area contributed by atoms with Crippen molar-refractivity contribution in [2.45, 2.75) is 24.7 Å². The number of carbonyl (C=O) groups is 3. The SMILES string of the molecule is CC(=O)c1ccc(S(=O)(=O)NCCC(=O)NNC(=O)Cc2c[nH]c3ccccc23)cc1. The number of amides is 2. The summed E-state index contributed by atoms with van der Waals surface area (Å²) in [6, 6.07) is 13.0. The Hall–Kier alpha value is -3.50. The third-order valence-corrected chi connectivity index (χ3v) is 6.06. The molecule has 3 aromatic rings. The van der Waals surface area contributed by atoms with Gasteiger partial charge >= 0.3 is 0 Å². The number of aromatic nitrogens is 1. The van der Waals surface area contributed by atoms with Crippen molar-refractivity contribution < 1.29 is 22.8 Å². The van der Waals surface area contributed by atoms with Crippen LogP contribution >= 0.6 is 0 Å². The fraction of sp³-hybridized carbons (Fsp3) is 0.190. The van der Waals surface area contributed by atoms with Crippen molar-refractivity contribution in [3.05, 3.63) is 65.9 Å². The Labute approximate surface area is 179 Å². The van der Waals surface area contributed by atoms with E-state index in [1.54, 1.807) is 6.20 Å². The van der Waals surface area contributed by atoms with Crippen molar-refractivity contribution in [2.75, 3.05) is 6.54 Å². The van der Waals surface area contributed by atoms with E-state index in [-0.39, 0.29) is 30.1 Å². The van der Waals surface area contributed by atoms with Crippen LogP contribution < -0.4 is 15.6 Å². The molecular weight excluding hydrogens is 420 g/mol. The highest BCUT2D eigenvalue weighted by atomic mass is 32.2. The second kappa shape index (κ2) is 9.54. The molecule has 31 heavy (non-hydrogen) atoms. The van der Waals surface area contributed by atoms with E-state index in [0.717, 1.165) is 16.5 Å². The standard InChI is InChI=1S/C21H22N4O5S/c1-14(26)15-6-8-17(9-7-15)31(29,30)23-11-10-20(27)24-25-21(28)12-16-13-22-19-5-3-2-4-18(16)19/h2-9,13,22-23H,10-12H2,1H3,(H,24,27)(H,25,28). The highest BCUT2D eigenvalue weighted by Crippen LogP contribution is 2.17. The van der Waals surface area contributed by atoms with E-state index in [0.29, 0.717) is 5.56 Å². The summed E-state index contributed by atoms with van der Waals surface area (Å²) >= 11 is 0. The third-order valence-electron chi connectivity index (χ3n) is 4.58. The largest absolute Gasteiger partial charge is 0.361 e. The first kappa shape index (κ1) is 22.2. The van der Waals surface area contributed by atoms with Gasteiger partial charge in [-0.05, 0) is 30.7 Å². The molecule has 10 heteroatoms. The number of ketones is 1. The van der Waals surface area contributed by atoms with E-state index >= 15 is 0 Å². The molecule has 9 nitrogen and oxygen atoms in total. The molecule has 0 radical (unpaired) electrons. The first-order chi connectivity index (χ1) is 14.8. The average Bonchev–Trinajstić information content (AvgIpc) is 3.15. The maximum atomic E-state index is 12.2. The maximum absolute atomic E-state index is 12.2. The number of hydrazine groups is 1. The topological polar surface area (TPSA) is 137 Å². The summed E-state index contributed by atoms with van der Waals surface area (Å²) < 4.78 is 26.8. The lowest BCUT2D eigenvalue weighted by atomic mass is 10.1. The molecule has 2 aromatic carbocycles. The molecule has 0 aliphatic carbocycles. The Morgan fingerprint density at radius 2 is 1.61 bits per heavy atom. The van der Waals surface area contributed by atoms with Crippen molar-refractivity contribution in [2.24, 2.45) is 0 Å². The molecule has 1 aromatic heterocycles. The zero-order valence-corrected chi connectivity index (χ0v) is 17.6. The minimum Gasteiger partial charge on any atom is -0.361 e. The van der Waals surface area contributed by atoms with Gasteiger partial charge in [0.15, 0.2) is 5.78 Å². The number of fused-ring (bicyclic) bond motifs is 1. The number of hydrogen-bond donors (Lipinski definition) is 4. The zero-order valence-electron chi connectivity index (χ0n) is 16.8. The van der Waals surface area contributed by atoms with Gasteiger partial charge < -0.3 is 4.98 Å². The number of benzene rings is 2. The molecule has 162 valence electrons. The van der Waals surface area contributed by atoms with Gasteiger partial charge in [0.25, 0.3) is 0 Å². The summed E-state index contributed by atoms with van der Waals surface area (Å²) in [4.78, 5) is 38.3. The Kier molecular flexibility index (Phi) is 6.83. The minimum absolute atomic E-state index is 0.00931. The quantitative estimate of drug-likeness (QED) is 0.309. The van der Waals surface area contributed by atoms with Crippen LogP contribution in [-0.4, -0.2) is 37.5 Å². The summed E-state index contributed by atoms with van der Waals surface area (Å²) in [5, 5.41) is 0.926. The van der Waals surface area contributed by atoms with Crippen molar-refractivity contribution >= 4 is 38.5 Å². The van der Waals surface area contributed by atoms with Gasteiger partial charge in [0, 0.05) is 35.6 Å². The van der Waals surface area contributed by atoms with E-state index < -0.39 is 21.8 Å². The number of H-pyrrole nitrogens is 1. The normalized spacial score (nSPS) is 11.3. The van der Waals surface area contributed by atoms with E-state index in [4.69, 9.17) is 0 Å². The van der Waals surface area contributed by atoms with Gasteiger partial charge in [-0.1, -0.05) is 30.3 Å². The number of carbonyl (C=O) groups excluding carboxylic acids is 3. The second-order valence-corrected chi connectivity index (χ2v) is 8.63. The Balaban J connectivity index is 1.43. The van der Waals surface area contributed by atoms with Crippen LogP contribution in [0.2, 0.25) is 0 Å². The number of Topliss-reactive ketones (excluding diaryl/α,β-unsaturated/α-hetero) is 1. The number of sulfonamides is 1. The maximum Gasteiger partial charge on any atom is 0.242 e. The van der Waals surface area contributed by atoms with Crippen LogP contribution in [-0.2, 0) is 26.0 Å². The van der Waals surface area contributed by atoms with Gasteiger partial charge in [-0.15, -0.1) is 0 Å². The van der Waals surface area contributed by atoms with Crippen LogP contribution in [0.15, 0.2) is 59.6 Å². The highest BCUT2D eigenvalue weighted by molar-refractivity contribution is 7.89. The fourth-order valence-corrected chi connectivity index (χ4v) is 3.98. The van der Waals surface area contributed by atoms with E-state index in [9.17, 15) is 22.8 Å². The number of nitrogens with one attached hydrogen (secondary N) is 4. The lowest BCUT2D eigenvalue weighted by Gasteiger charge is -2.09. The fourth-order valence-electron chi connectivity index (χ4n) is 2.95. The molecule has 0 saturated heterocycles. The average molecular weight is 442 g/mol. The molecule has 0 atom stereocenters. The summed E-state index contributed by atoms with van der Waals surface area (Å²) in [5.41, 5.74) is 6.70. The molecule has 4 N–H and O–H groups in total. The predicted octanol–water partition coefficient (Wildman–Crippen LogP) is 1.43. The van der Waals surface area contributed by atoms with Gasteiger partial charge in [-0.3, -0.25) is 25.2 Å². The lowest BCUT2D eigenvalue weighted by Crippen LogP contribution is -2.43. The van der Waals surface area contributed by atoms with Gasteiger partial charge in [-0.25, -0.2) is 13.1 Å². The number of para-hydroxylation sites is 1. The molecule has 0 bridgehead atoms. The predicted molar refractivity (Wildman–Crippen MR) is 115 cm³/mol. The molecule has 3 rings (SSSR count). The Morgan fingerprint density at radius 1 is 0.935 bits per heavy atom. The first-order valence-corrected chi connectivity index (χ1v) is 11.0. The monoisotopic (exact) mass is 442 g/mol. The van der Waals surface area contributed by atoms with Crippen molar-refractivity contribution in [3.8, 4) is 0 Å². The van der Waals surface area contributed by atoms with Gasteiger partial charge in [0.05, 0.1) is 11.3 Å². The highest BCUT2D eigenvalue weighted by Gasteiger charge is 2.15. The summed E-state index contributed by atoms with van der Waals surface area (Å²) in [6.45, 7) is 1.24. The molecule has 0 aliphatic rings. The Morgan fingerprint density at radius 3 is 2.32 bits per heavy atom. The van der Waals surface area contributed by atoms with E-state index in [2.05, 4.69) is 20.6 Å². The molecule has 1 heterocycles. The third kappa shape index (κ3) is 5.77. The molecule has 0 aliphatic heterocycles. The van der Waals surface area contributed by atoms with Crippen LogP contribution in [0.5, 0.6) is 0 Å². The first-order valence-electron chi connectivity index (χ1n) is 9.49. The molecule has 0 spiro atoms. The summed E-state index contributed by atoms with van der Waals surface area (Å²) in [7, 11) is -3.82. The van der Waals surface area contributed by atoms with E-state index in [1.807, 2.05) is 24.3 Å². The Bertz CT molecular complexity index is 1220. The van der Waals surface area contributed by atoms with Crippen molar-refractivity contribution in [3.63, 3.8) is 0 Å². The smallest absolute Gasteiger partial charge is 0.242 e. The summed E-state index contributed by atoms with van der Waals surface area (Å²) in [5.74, 6) is -1.11. The van der Waals surface area contributed by atoms with Crippen LogP contribution in [0.4, 0.5) is 0 Å². The van der Waals surface area contributed by atoms with Crippen LogP contribution in [0, 0.1) is 0 Å². The molecule has 0 saturated carbocycles. The minimum atomic E-state index is -3.82. The van der Waals surface area contributed by atoms with Gasteiger partial charge in [0.1, 0.15) is 0 Å². The van der Waals surface area contributed by atoms with Crippen LogP contribution in [0.1, 0.15) is 29.3 Å². The number of hydrogen-bond acceptors (Lipinski definition) is 5. The number of rotatable bonds is 8. The summed E-state index contributed by atoms with van der Waals surface area (Å²) in [6.07, 6.45) is 1.65. The van der Waals surface area contributed by atoms with E-state index in [1.165, 1.54) is 31.2 Å². The number of aromatic amines is 1. The molecule has 0 unspecified atom stereocenters. The van der Waals surface area contributed by atoms with Crippen molar-refractivity contribution in [1.82, 2.24) is 20.6 Å². The molecular formula is C21H22N4O5S. The lowest BCUT2D eigenvalue weighted by molar-refractivity contribution is -0.128.